The molecule has 128 valence electrons. The van der Waals surface area contributed by atoms with E-state index in [9.17, 15) is 4.79 Å². The zero-order chi connectivity index (χ0) is 18.0. The molecule has 0 aliphatic heterocycles. The Balaban J connectivity index is 1.90. The Labute approximate surface area is 176 Å². The molecular formula is C18H12ClI2NO3. The number of hydrogen-bond acceptors (Lipinski definition) is 3. The Morgan fingerprint density at radius 3 is 2.64 bits per heavy atom. The number of halogens is 3. The molecule has 1 amide bonds. The highest BCUT2D eigenvalue weighted by Gasteiger charge is 2.14. The SMILES string of the molecule is O=C(Nc1cc(-c2ccc(CO)o2)ccc1Cl)c1cc(I)ccc1I. The van der Waals surface area contributed by atoms with E-state index in [-0.39, 0.29) is 12.5 Å². The molecule has 0 aliphatic carbocycles. The average molecular weight is 580 g/mol. The fraction of sp³-hybridized carbons (Fsp3) is 0.0556. The molecule has 0 spiro atoms. The van der Waals surface area contributed by atoms with E-state index in [2.05, 4.69) is 50.5 Å². The highest BCUT2D eigenvalue weighted by Crippen LogP contribution is 2.30. The summed E-state index contributed by atoms with van der Waals surface area (Å²) in [7, 11) is 0. The lowest BCUT2D eigenvalue weighted by atomic mass is 10.1. The van der Waals surface area contributed by atoms with Gasteiger partial charge in [-0.1, -0.05) is 11.6 Å². The van der Waals surface area contributed by atoms with Gasteiger partial charge in [-0.2, -0.15) is 0 Å². The first-order chi connectivity index (χ1) is 12.0. The van der Waals surface area contributed by atoms with Crippen molar-refractivity contribution in [1.29, 1.82) is 0 Å². The molecule has 2 aromatic carbocycles. The molecule has 0 atom stereocenters. The molecule has 25 heavy (non-hydrogen) atoms. The second-order valence-electron chi connectivity index (χ2n) is 5.20. The predicted octanol–water partition coefficient (Wildman–Crippen LogP) is 5.55. The molecule has 0 saturated carbocycles. The van der Waals surface area contributed by atoms with E-state index in [0.717, 1.165) is 12.7 Å². The van der Waals surface area contributed by atoms with Crippen LogP contribution in [-0.2, 0) is 6.61 Å². The maximum absolute atomic E-state index is 12.6. The minimum Gasteiger partial charge on any atom is -0.459 e. The van der Waals surface area contributed by atoms with E-state index in [1.807, 2.05) is 18.2 Å². The summed E-state index contributed by atoms with van der Waals surface area (Å²) in [4.78, 5) is 12.6. The second-order valence-corrected chi connectivity index (χ2v) is 8.01. The third-order valence-corrected chi connectivity index (χ3v) is 5.43. The van der Waals surface area contributed by atoms with Crippen LogP contribution in [0.3, 0.4) is 0 Å². The second kappa shape index (κ2) is 8.07. The highest BCUT2D eigenvalue weighted by molar-refractivity contribution is 14.1. The van der Waals surface area contributed by atoms with Gasteiger partial charge in [0.05, 0.1) is 16.3 Å². The average Bonchev–Trinajstić information content (AvgIpc) is 3.08. The van der Waals surface area contributed by atoms with Crippen LogP contribution in [0.4, 0.5) is 5.69 Å². The molecule has 1 heterocycles. The van der Waals surface area contributed by atoms with Crippen molar-refractivity contribution in [2.24, 2.45) is 0 Å². The molecule has 0 radical (unpaired) electrons. The lowest BCUT2D eigenvalue weighted by Crippen LogP contribution is -2.14. The predicted molar refractivity (Wildman–Crippen MR) is 115 cm³/mol. The Kier molecular flexibility index (Phi) is 6.03. The number of furan rings is 1. The number of benzene rings is 2. The van der Waals surface area contributed by atoms with Crippen LogP contribution in [0.25, 0.3) is 11.3 Å². The Hall–Kier alpha value is -1.10. The summed E-state index contributed by atoms with van der Waals surface area (Å²) in [6.45, 7) is -0.164. The third kappa shape index (κ3) is 4.36. The number of aliphatic hydroxyl groups is 1. The molecule has 0 unspecified atom stereocenters. The fourth-order valence-electron chi connectivity index (χ4n) is 2.25. The van der Waals surface area contributed by atoms with E-state index in [0.29, 0.717) is 27.8 Å². The normalized spacial score (nSPS) is 10.7. The van der Waals surface area contributed by atoms with E-state index >= 15 is 0 Å². The maximum Gasteiger partial charge on any atom is 0.256 e. The zero-order valence-corrected chi connectivity index (χ0v) is 17.8. The molecule has 3 rings (SSSR count). The van der Waals surface area contributed by atoms with Gasteiger partial charge in [-0.25, -0.2) is 0 Å². The molecule has 0 aliphatic rings. The van der Waals surface area contributed by atoms with Crippen molar-refractivity contribution in [1.82, 2.24) is 0 Å². The van der Waals surface area contributed by atoms with Gasteiger partial charge < -0.3 is 14.8 Å². The molecule has 7 heteroatoms. The number of rotatable bonds is 4. The van der Waals surface area contributed by atoms with Crippen LogP contribution in [0.2, 0.25) is 5.02 Å². The Morgan fingerprint density at radius 1 is 1.12 bits per heavy atom. The minimum atomic E-state index is -0.225. The Bertz CT molecular complexity index is 940. The summed E-state index contributed by atoms with van der Waals surface area (Å²) in [5.74, 6) is 0.849. The summed E-state index contributed by atoms with van der Waals surface area (Å²) >= 11 is 10.5. The van der Waals surface area contributed by atoms with Crippen molar-refractivity contribution in [3.05, 3.63) is 72.0 Å². The van der Waals surface area contributed by atoms with Crippen LogP contribution in [0.5, 0.6) is 0 Å². The summed E-state index contributed by atoms with van der Waals surface area (Å²) < 4.78 is 7.37. The van der Waals surface area contributed by atoms with Crippen LogP contribution in [0.1, 0.15) is 16.1 Å². The van der Waals surface area contributed by atoms with Crippen LogP contribution < -0.4 is 5.32 Å². The van der Waals surface area contributed by atoms with E-state index in [1.54, 1.807) is 30.3 Å². The summed E-state index contributed by atoms with van der Waals surface area (Å²) in [6, 6.07) is 14.4. The first-order valence-electron chi connectivity index (χ1n) is 7.24. The Morgan fingerprint density at radius 2 is 1.92 bits per heavy atom. The number of carbonyl (C=O) groups excluding carboxylic acids is 1. The van der Waals surface area contributed by atoms with Crippen LogP contribution in [-0.4, -0.2) is 11.0 Å². The quantitative estimate of drug-likeness (QED) is 0.399. The molecule has 2 N–H and O–H groups in total. The fourth-order valence-corrected chi connectivity index (χ4v) is 3.49. The number of anilines is 1. The minimum absolute atomic E-state index is 0.164. The number of nitrogens with one attached hydrogen (secondary N) is 1. The first-order valence-corrected chi connectivity index (χ1v) is 9.77. The van der Waals surface area contributed by atoms with Crippen LogP contribution in [0.15, 0.2) is 52.9 Å². The zero-order valence-electron chi connectivity index (χ0n) is 12.7. The number of hydrogen-bond donors (Lipinski definition) is 2. The summed E-state index contributed by atoms with van der Waals surface area (Å²) in [5.41, 5.74) is 1.85. The van der Waals surface area contributed by atoms with E-state index in [4.69, 9.17) is 21.1 Å². The standard InChI is InChI=1S/C18H12ClI2NO3/c19-14-4-1-10(17-6-3-12(9-23)25-17)7-16(14)22-18(24)13-8-11(20)2-5-15(13)21/h1-8,23H,9H2,(H,22,24). The monoisotopic (exact) mass is 579 g/mol. The summed E-state index contributed by atoms with van der Waals surface area (Å²) in [6.07, 6.45) is 0. The van der Waals surface area contributed by atoms with Gasteiger partial charge >= 0.3 is 0 Å². The van der Waals surface area contributed by atoms with Gasteiger partial charge in [-0.05, 0) is 93.7 Å². The summed E-state index contributed by atoms with van der Waals surface area (Å²) in [5, 5.41) is 12.4. The van der Waals surface area contributed by atoms with E-state index in [1.165, 1.54) is 0 Å². The van der Waals surface area contributed by atoms with E-state index < -0.39 is 0 Å². The van der Waals surface area contributed by atoms with Crippen molar-refractivity contribution >= 4 is 68.4 Å². The molecule has 0 saturated heterocycles. The maximum atomic E-state index is 12.6. The van der Waals surface area contributed by atoms with Gasteiger partial charge in [0.1, 0.15) is 18.1 Å². The lowest BCUT2D eigenvalue weighted by molar-refractivity contribution is 0.102. The van der Waals surface area contributed by atoms with Crippen LogP contribution in [0, 0.1) is 7.14 Å². The highest BCUT2D eigenvalue weighted by atomic mass is 127. The molecule has 1 aromatic heterocycles. The molecule has 0 fully saturated rings. The smallest absolute Gasteiger partial charge is 0.256 e. The topological polar surface area (TPSA) is 62.5 Å². The lowest BCUT2D eigenvalue weighted by Gasteiger charge is -2.10. The first kappa shape index (κ1) is 18.7. The van der Waals surface area contributed by atoms with Gasteiger partial charge in [0, 0.05) is 12.7 Å². The van der Waals surface area contributed by atoms with Crippen molar-refractivity contribution in [3.63, 3.8) is 0 Å². The van der Waals surface area contributed by atoms with Crippen molar-refractivity contribution in [2.75, 3.05) is 5.32 Å². The van der Waals surface area contributed by atoms with Gasteiger partial charge in [-0.15, -0.1) is 0 Å². The molecular weight excluding hydrogens is 567 g/mol. The van der Waals surface area contributed by atoms with Gasteiger partial charge in [0.15, 0.2) is 0 Å². The van der Waals surface area contributed by atoms with Crippen molar-refractivity contribution in [2.45, 2.75) is 6.61 Å². The van der Waals surface area contributed by atoms with Crippen molar-refractivity contribution in [3.8, 4) is 11.3 Å². The number of aliphatic hydroxyl groups excluding tert-OH is 1. The van der Waals surface area contributed by atoms with Gasteiger partial charge in [-0.3, -0.25) is 4.79 Å². The number of carbonyl (C=O) groups is 1. The molecule has 4 nitrogen and oxygen atoms in total. The van der Waals surface area contributed by atoms with Gasteiger partial charge in [0.25, 0.3) is 5.91 Å². The molecule has 3 aromatic rings. The molecule has 0 bridgehead atoms. The largest absolute Gasteiger partial charge is 0.459 e. The van der Waals surface area contributed by atoms with Crippen LogP contribution >= 0.6 is 56.8 Å². The third-order valence-electron chi connectivity index (χ3n) is 3.49. The van der Waals surface area contributed by atoms with Crippen molar-refractivity contribution < 1.29 is 14.3 Å². The number of amides is 1. The van der Waals surface area contributed by atoms with Gasteiger partial charge in [0.2, 0.25) is 0 Å².